The number of nitrogens with one attached hydrogen (secondary N) is 2. The second-order valence-corrected chi connectivity index (χ2v) is 7.11. The fourth-order valence-corrected chi connectivity index (χ4v) is 3.04. The van der Waals surface area contributed by atoms with E-state index in [1.807, 2.05) is 66.7 Å². The molecule has 0 aliphatic rings. The molecule has 3 aromatic carbocycles. The molecule has 0 bridgehead atoms. The lowest BCUT2D eigenvalue weighted by Gasteiger charge is -2.21. The molecule has 0 aliphatic carbocycles. The summed E-state index contributed by atoms with van der Waals surface area (Å²) >= 11 is 5.28. The fourth-order valence-electron chi connectivity index (χ4n) is 2.92. The first-order valence-corrected chi connectivity index (χ1v) is 9.81. The van der Waals surface area contributed by atoms with Gasteiger partial charge in [-0.2, -0.15) is 0 Å². The summed E-state index contributed by atoms with van der Waals surface area (Å²) in [4.78, 5) is 24.6. The Bertz CT molecular complexity index is 1020. The number of ketones is 1. The number of hydrogen-bond acceptors (Lipinski definition) is 3. The summed E-state index contributed by atoms with van der Waals surface area (Å²) in [7, 11) is 1.67. The van der Waals surface area contributed by atoms with Crippen LogP contribution in [0.2, 0.25) is 0 Å². The van der Waals surface area contributed by atoms with Crippen molar-refractivity contribution in [2.24, 2.45) is 0 Å². The van der Waals surface area contributed by atoms with Gasteiger partial charge in [0, 0.05) is 32.0 Å². The monoisotopic (exact) mass is 405 g/mol. The molecular formula is C23H23N3O2S. The van der Waals surface area contributed by atoms with Crippen molar-refractivity contribution in [1.29, 1.82) is 0 Å². The summed E-state index contributed by atoms with van der Waals surface area (Å²) in [6.45, 7) is 0.570. The lowest BCUT2D eigenvalue weighted by Crippen LogP contribution is -2.47. The number of carbonyl (C=O) groups excluding carboxylic acids is 2. The highest BCUT2D eigenvalue weighted by Gasteiger charge is 2.12. The minimum absolute atomic E-state index is 0.0571. The number of thiocarbonyl (C=S) groups is 1. The van der Waals surface area contributed by atoms with Crippen molar-refractivity contribution in [3.05, 3.63) is 83.9 Å². The summed E-state index contributed by atoms with van der Waals surface area (Å²) in [5.41, 5.74) is 4.40. The molecule has 6 heteroatoms. The zero-order valence-electron chi connectivity index (χ0n) is 16.2. The topological polar surface area (TPSA) is 61.4 Å². The van der Waals surface area contributed by atoms with E-state index in [4.69, 9.17) is 12.2 Å². The zero-order valence-corrected chi connectivity index (χ0v) is 17.0. The Kier molecular flexibility index (Phi) is 6.92. The van der Waals surface area contributed by atoms with Gasteiger partial charge in [0.1, 0.15) is 0 Å². The largest absolute Gasteiger partial charge is 0.357 e. The molecule has 3 aromatic rings. The van der Waals surface area contributed by atoms with Gasteiger partial charge in [-0.25, -0.2) is 0 Å². The van der Waals surface area contributed by atoms with E-state index in [9.17, 15) is 9.59 Å². The molecule has 0 saturated carbocycles. The van der Waals surface area contributed by atoms with E-state index in [0.29, 0.717) is 17.2 Å². The number of rotatable bonds is 6. The van der Waals surface area contributed by atoms with E-state index in [-0.39, 0.29) is 24.5 Å². The maximum atomic E-state index is 12.4. The van der Waals surface area contributed by atoms with Crippen LogP contribution >= 0.6 is 12.2 Å². The van der Waals surface area contributed by atoms with E-state index in [1.54, 1.807) is 13.1 Å². The number of amides is 1. The van der Waals surface area contributed by atoms with Gasteiger partial charge >= 0.3 is 0 Å². The third-order valence-corrected chi connectivity index (χ3v) is 4.95. The summed E-state index contributed by atoms with van der Waals surface area (Å²) < 4.78 is 0. The molecule has 148 valence electrons. The number of benzene rings is 3. The normalized spacial score (nSPS) is 10.4. The molecule has 0 aliphatic heterocycles. The molecule has 0 radical (unpaired) electrons. The molecule has 0 fully saturated rings. The van der Waals surface area contributed by atoms with Crippen molar-refractivity contribution in [1.82, 2.24) is 15.8 Å². The Morgan fingerprint density at radius 2 is 1.59 bits per heavy atom. The van der Waals surface area contributed by atoms with Crippen molar-refractivity contribution in [3.63, 3.8) is 0 Å². The maximum Gasteiger partial charge on any atom is 0.239 e. The summed E-state index contributed by atoms with van der Waals surface area (Å²) in [5.74, 6) is -0.316. The van der Waals surface area contributed by atoms with Gasteiger partial charge in [0.05, 0.1) is 0 Å². The van der Waals surface area contributed by atoms with Crippen LogP contribution in [-0.4, -0.2) is 28.9 Å². The SMILES string of the molecule is CN(NC(=O)CCC(=O)c1ccc2ccccc2c1)C(=S)NCc1ccccc1. The van der Waals surface area contributed by atoms with Gasteiger partial charge < -0.3 is 5.32 Å². The van der Waals surface area contributed by atoms with Gasteiger partial charge in [-0.15, -0.1) is 0 Å². The highest BCUT2D eigenvalue weighted by Crippen LogP contribution is 2.17. The lowest BCUT2D eigenvalue weighted by molar-refractivity contribution is -0.123. The third-order valence-electron chi connectivity index (χ3n) is 4.53. The minimum atomic E-state index is -0.259. The van der Waals surface area contributed by atoms with Crippen LogP contribution in [0.25, 0.3) is 10.8 Å². The fraction of sp³-hybridized carbons (Fsp3) is 0.174. The van der Waals surface area contributed by atoms with Crippen LogP contribution in [0.3, 0.4) is 0 Å². The number of Topliss-reactive ketones (excluding diaryl/α,β-unsaturated/α-hetero) is 1. The van der Waals surface area contributed by atoms with E-state index >= 15 is 0 Å². The molecule has 0 unspecified atom stereocenters. The van der Waals surface area contributed by atoms with Gasteiger partial charge in [0.2, 0.25) is 5.91 Å². The van der Waals surface area contributed by atoms with E-state index in [2.05, 4.69) is 10.7 Å². The maximum absolute atomic E-state index is 12.4. The minimum Gasteiger partial charge on any atom is -0.357 e. The molecule has 0 heterocycles. The smallest absolute Gasteiger partial charge is 0.239 e. The van der Waals surface area contributed by atoms with E-state index in [1.165, 1.54) is 5.01 Å². The standard InChI is InChI=1S/C23H23N3O2S/c1-26(23(29)24-16-17-7-3-2-4-8-17)25-22(28)14-13-21(27)20-12-11-18-9-5-6-10-19(18)15-20/h2-12,15H,13-14,16H2,1H3,(H,24,29)(H,25,28). The van der Waals surface area contributed by atoms with Gasteiger partial charge in [0.15, 0.2) is 10.9 Å². The van der Waals surface area contributed by atoms with Crippen LogP contribution in [0, 0.1) is 0 Å². The molecule has 5 nitrogen and oxygen atoms in total. The Hall–Kier alpha value is -3.25. The van der Waals surface area contributed by atoms with Crippen LogP contribution < -0.4 is 10.7 Å². The third kappa shape index (κ3) is 5.86. The summed E-state index contributed by atoms with van der Waals surface area (Å²) in [6, 6.07) is 23.3. The number of nitrogens with zero attached hydrogens (tertiary/aromatic N) is 1. The molecule has 2 N–H and O–H groups in total. The van der Waals surface area contributed by atoms with Gasteiger partial charge in [-0.05, 0) is 34.6 Å². The Morgan fingerprint density at radius 3 is 2.34 bits per heavy atom. The molecule has 0 spiro atoms. The van der Waals surface area contributed by atoms with Crippen LogP contribution in [0.4, 0.5) is 0 Å². The van der Waals surface area contributed by atoms with Gasteiger partial charge in [-0.3, -0.25) is 20.0 Å². The predicted octanol–water partition coefficient (Wildman–Crippen LogP) is 3.84. The van der Waals surface area contributed by atoms with Gasteiger partial charge in [-0.1, -0.05) is 66.7 Å². The quantitative estimate of drug-likeness (QED) is 0.371. The number of carbonyl (C=O) groups is 2. The lowest BCUT2D eigenvalue weighted by atomic mass is 10.0. The molecule has 0 aromatic heterocycles. The van der Waals surface area contributed by atoms with E-state index < -0.39 is 0 Å². The average Bonchev–Trinajstić information content (AvgIpc) is 2.76. The molecule has 0 saturated heterocycles. The molecule has 0 atom stereocenters. The van der Waals surface area contributed by atoms with Gasteiger partial charge in [0.25, 0.3) is 0 Å². The molecular weight excluding hydrogens is 382 g/mol. The van der Waals surface area contributed by atoms with Crippen LogP contribution in [-0.2, 0) is 11.3 Å². The number of fused-ring (bicyclic) bond motifs is 1. The highest BCUT2D eigenvalue weighted by atomic mass is 32.1. The van der Waals surface area contributed by atoms with Crippen molar-refractivity contribution in [3.8, 4) is 0 Å². The highest BCUT2D eigenvalue weighted by molar-refractivity contribution is 7.80. The second kappa shape index (κ2) is 9.80. The first-order chi connectivity index (χ1) is 14.0. The molecule has 1 amide bonds. The predicted molar refractivity (Wildman–Crippen MR) is 119 cm³/mol. The Morgan fingerprint density at radius 1 is 0.897 bits per heavy atom. The Labute approximate surface area is 175 Å². The van der Waals surface area contributed by atoms with Crippen molar-refractivity contribution in [2.45, 2.75) is 19.4 Å². The van der Waals surface area contributed by atoms with Crippen LogP contribution in [0.15, 0.2) is 72.8 Å². The molecule has 29 heavy (non-hydrogen) atoms. The Balaban J connectivity index is 1.45. The molecule has 3 rings (SSSR count). The van der Waals surface area contributed by atoms with Crippen LogP contribution in [0.1, 0.15) is 28.8 Å². The number of hydrazine groups is 1. The van der Waals surface area contributed by atoms with Crippen LogP contribution in [0.5, 0.6) is 0 Å². The van der Waals surface area contributed by atoms with Crippen molar-refractivity contribution in [2.75, 3.05) is 7.05 Å². The second-order valence-electron chi connectivity index (χ2n) is 6.72. The van der Waals surface area contributed by atoms with Crippen molar-refractivity contribution >= 4 is 39.8 Å². The zero-order chi connectivity index (χ0) is 20.6. The first kappa shape index (κ1) is 20.5. The number of hydrogen-bond donors (Lipinski definition) is 2. The first-order valence-electron chi connectivity index (χ1n) is 9.40. The summed E-state index contributed by atoms with van der Waals surface area (Å²) in [5, 5.41) is 7.05. The average molecular weight is 406 g/mol. The van der Waals surface area contributed by atoms with Crippen molar-refractivity contribution < 1.29 is 9.59 Å². The van der Waals surface area contributed by atoms with E-state index in [0.717, 1.165) is 16.3 Å². The summed E-state index contributed by atoms with van der Waals surface area (Å²) in [6.07, 6.45) is 0.236.